The number of aromatic carboxylic acids is 1. The van der Waals surface area contributed by atoms with E-state index >= 15 is 0 Å². The first kappa shape index (κ1) is 14.3. The van der Waals surface area contributed by atoms with Gasteiger partial charge in [-0.1, -0.05) is 35.9 Å². The van der Waals surface area contributed by atoms with Gasteiger partial charge in [-0.05, 0) is 48.0 Å². The number of carboxylic acids is 1. The Balaban J connectivity index is 1.92. The molecule has 0 fully saturated rings. The number of hydrogen-bond donors (Lipinski definition) is 1. The fraction of sp³-hybridized carbons (Fsp3) is 0. The van der Waals surface area contributed by atoms with Crippen molar-refractivity contribution in [2.75, 3.05) is 0 Å². The van der Waals surface area contributed by atoms with E-state index in [-0.39, 0.29) is 5.56 Å². The van der Waals surface area contributed by atoms with Crippen LogP contribution < -0.4 is 0 Å². The van der Waals surface area contributed by atoms with Gasteiger partial charge in [0.25, 0.3) is 0 Å². The number of fused-ring (bicyclic) bond motifs is 1. The Morgan fingerprint density at radius 2 is 1.91 bits per heavy atom. The number of carboxylic acid groups (broad SMARTS) is 1. The van der Waals surface area contributed by atoms with Crippen LogP contribution in [0.1, 0.15) is 21.6 Å². The predicted molar refractivity (Wildman–Crippen MR) is 89.1 cm³/mol. The van der Waals surface area contributed by atoms with Crippen molar-refractivity contribution in [3.63, 3.8) is 0 Å². The third-order valence-corrected chi connectivity index (χ3v) is 3.49. The highest BCUT2D eigenvalue weighted by Gasteiger charge is 2.04. The van der Waals surface area contributed by atoms with Crippen LogP contribution in [0.3, 0.4) is 0 Å². The Labute approximate surface area is 132 Å². The molecule has 1 heterocycles. The maximum Gasteiger partial charge on any atom is 0.335 e. The zero-order valence-corrected chi connectivity index (χ0v) is 12.3. The molecule has 3 aromatic rings. The smallest absolute Gasteiger partial charge is 0.335 e. The Morgan fingerprint density at radius 3 is 2.68 bits per heavy atom. The summed E-state index contributed by atoms with van der Waals surface area (Å²) in [4.78, 5) is 15.5. The van der Waals surface area contributed by atoms with E-state index < -0.39 is 5.97 Å². The van der Waals surface area contributed by atoms with E-state index in [9.17, 15) is 4.79 Å². The maximum atomic E-state index is 11.0. The molecule has 0 aliphatic rings. The number of nitrogens with zero attached hydrogens (tertiary/aromatic N) is 1. The van der Waals surface area contributed by atoms with Crippen LogP contribution >= 0.6 is 11.6 Å². The highest BCUT2D eigenvalue weighted by Crippen LogP contribution is 2.17. The maximum absolute atomic E-state index is 11.0. The molecule has 0 unspecified atom stereocenters. The molecule has 0 saturated carbocycles. The molecule has 1 N–H and O–H groups in total. The molecule has 0 atom stereocenters. The lowest BCUT2D eigenvalue weighted by molar-refractivity contribution is 0.0697. The average Bonchev–Trinajstić information content (AvgIpc) is 2.52. The summed E-state index contributed by atoms with van der Waals surface area (Å²) in [6.45, 7) is 0. The number of rotatable bonds is 3. The molecular formula is C18H12ClNO2. The number of hydrogen-bond acceptors (Lipinski definition) is 2. The van der Waals surface area contributed by atoms with Gasteiger partial charge in [0.1, 0.15) is 0 Å². The van der Waals surface area contributed by atoms with E-state index in [1.54, 1.807) is 18.2 Å². The minimum Gasteiger partial charge on any atom is -0.478 e. The minimum absolute atomic E-state index is 0.261. The summed E-state index contributed by atoms with van der Waals surface area (Å²) in [6, 6.07) is 16.2. The molecule has 0 aliphatic heterocycles. The topological polar surface area (TPSA) is 50.2 Å². The van der Waals surface area contributed by atoms with E-state index in [0.717, 1.165) is 22.2 Å². The van der Waals surface area contributed by atoms with Gasteiger partial charge in [-0.3, -0.25) is 0 Å². The molecular weight excluding hydrogens is 298 g/mol. The van der Waals surface area contributed by atoms with Gasteiger partial charge in [0.05, 0.1) is 16.8 Å². The number of carbonyl (C=O) groups is 1. The van der Waals surface area contributed by atoms with Crippen LogP contribution in [0.2, 0.25) is 5.02 Å². The molecule has 0 saturated heterocycles. The number of pyridine rings is 1. The van der Waals surface area contributed by atoms with E-state index in [1.165, 1.54) is 0 Å². The molecule has 22 heavy (non-hydrogen) atoms. The molecule has 0 spiro atoms. The fourth-order valence-electron chi connectivity index (χ4n) is 2.16. The lowest BCUT2D eigenvalue weighted by Crippen LogP contribution is -1.95. The minimum atomic E-state index is -0.938. The van der Waals surface area contributed by atoms with Gasteiger partial charge in [-0.2, -0.15) is 0 Å². The van der Waals surface area contributed by atoms with Crippen LogP contribution in [0.15, 0.2) is 54.6 Å². The Hall–Kier alpha value is -2.65. The van der Waals surface area contributed by atoms with Crippen LogP contribution in [0.5, 0.6) is 0 Å². The number of aromatic nitrogens is 1. The van der Waals surface area contributed by atoms with Crippen molar-refractivity contribution < 1.29 is 9.90 Å². The quantitative estimate of drug-likeness (QED) is 0.759. The van der Waals surface area contributed by atoms with Gasteiger partial charge < -0.3 is 5.11 Å². The molecule has 1 aromatic heterocycles. The van der Waals surface area contributed by atoms with Gasteiger partial charge in [0.2, 0.25) is 0 Å². The third-order valence-electron chi connectivity index (χ3n) is 3.25. The largest absolute Gasteiger partial charge is 0.478 e. The molecule has 0 bridgehead atoms. The molecule has 2 aromatic carbocycles. The molecule has 3 rings (SSSR count). The number of benzene rings is 2. The van der Waals surface area contributed by atoms with Crippen LogP contribution in [0, 0.1) is 0 Å². The highest BCUT2D eigenvalue weighted by molar-refractivity contribution is 6.30. The Morgan fingerprint density at radius 1 is 1.05 bits per heavy atom. The average molecular weight is 310 g/mol. The number of halogens is 1. The SMILES string of the molecule is O=C(O)c1ccc2nc(/C=C/c3cccc(Cl)c3)ccc2c1. The molecule has 108 valence electrons. The fourth-order valence-corrected chi connectivity index (χ4v) is 2.36. The van der Waals surface area contributed by atoms with Gasteiger partial charge in [0.15, 0.2) is 0 Å². The van der Waals surface area contributed by atoms with Crippen molar-refractivity contribution in [2.24, 2.45) is 0 Å². The second-order valence-electron chi connectivity index (χ2n) is 4.84. The standard InChI is InChI=1S/C18H12ClNO2/c19-15-3-1-2-12(10-15)4-7-16-8-5-13-11-14(18(21)22)6-9-17(13)20-16/h1-11H,(H,21,22)/b7-4+. The first-order chi connectivity index (χ1) is 10.6. The lowest BCUT2D eigenvalue weighted by Gasteiger charge is -2.01. The van der Waals surface area contributed by atoms with Crippen LogP contribution in [-0.2, 0) is 0 Å². The summed E-state index contributed by atoms with van der Waals surface area (Å²) in [5.74, 6) is -0.938. The van der Waals surface area contributed by atoms with Crippen molar-refractivity contribution in [1.29, 1.82) is 0 Å². The highest BCUT2D eigenvalue weighted by atomic mass is 35.5. The zero-order chi connectivity index (χ0) is 15.5. The van der Waals surface area contributed by atoms with E-state index in [2.05, 4.69) is 4.98 Å². The van der Waals surface area contributed by atoms with E-state index in [0.29, 0.717) is 5.02 Å². The monoisotopic (exact) mass is 309 g/mol. The molecule has 0 aliphatic carbocycles. The normalized spacial score (nSPS) is 11.1. The van der Waals surface area contributed by atoms with Crippen molar-refractivity contribution in [1.82, 2.24) is 4.98 Å². The van der Waals surface area contributed by atoms with Gasteiger partial charge in [-0.25, -0.2) is 9.78 Å². The predicted octanol–water partition coefficient (Wildman–Crippen LogP) is 4.76. The van der Waals surface area contributed by atoms with Crippen molar-refractivity contribution >= 4 is 40.6 Å². The molecule has 3 nitrogen and oxygen atoms in total. The Bertz CT molecular complexity index is 887. The first-order valence-electron chi connectivity index (χ1n) is 6.69. The van der Waals surface area contributed by atoms with Crippen molar-refractivity contribution in [2.45, 2.75) is 0 Å². The summed E-state index contributed by atoms with van der Waals surface area (Å²) in [7, 11) is 0. The summed E-state index contributed by atoms with van der Waals surface area (Å²) < 4.78 is 0. The van der Waals surface area contributed by atoms with Crippen LogP contribution in [0.4, 0.5) is 0 Å². The molecule has 0 amide bonds. The molecule has 0 radical (unpaired) electrons. The summed E-state index contributed by atoms with van der Waals surface area (Å²) in [5.41, 5.74) is 2.82. The second-order valence-corrected chi connectivity index (χ2v) is 5.27. The summed E-state index contributed by atoms with van der Waals surface area (Å²) in [6.07, 6.45) is 3.84. The van der Waals surface area contributed by atoms with Crippen molar-refractivity contribution in [3.05, 3.63) is 76.4 Å². The zero-order valence-electron chi connectivity index (χ0n) is 11.5. The molecule has 4 heteroatoms. The first-order valence-corrected chi connectivity index (χ1v) is 7.07. The Kier molecular flexibility index (Phi) is 3.90. The van der Waals surface area contributed by atoms with Gasteiger partial charge in [-0.15, -0.1) is 0 Å². The van der Waals surface area contributed by atoms with Crippen LogP contribution in [-0.4, -0.2) is 16.1 Å². The lowest BCUT2D eigenvalue weighted by atomic mass is 10.1. The van der Waals surface area contributed by atoms with Crippen LogP contribution in [0.25, 0.3) is 23.1 Å². The third kappa shape index (κ3) is 3.15. The summed E-state index contributed by atoms with van der Waals surface area (Å²) >= 11 is 5.95. The second kappa shape index (κ2) is 6.00. The van der Waals surface area contributed by atoms with E-state index in [4.69, 9.17) is 16.7 Å². The van der Waals surface area contributed by atoms with E-state index in [1.807, 2.05) is 48.6 Å². The summed E-state index contributed by atoms with van der Waals surface area (Å²) in [5, 5.41) is 10.5. The van der Waals surface area contributed by atoms with Gasteiger partial charge >= 0.3 is 5.97 Å². The van der Waals surface area contributed by atoms with Gasteiger partial charge in [0, 0.05) is 10.4 Å². The van der Waals surface area contributed by atoms with Crippen molar-refractivity contribution in [3.8, 4) is 0 Å².